The molecule has 0 N–H and O–H groups in total. The zero-order valence-electron chi connectivity index (χ0n) is 18.0. The second-order valence-electron chi connectivity index (χ2n) is 7.49. The first-order valence-corrected chi connectivity index (χ1v) is 11.4. The average molecular weight is 539 g/mol. The fraction of sp³-hybridized carbons (Fsp3) is 0.174. The molecule has 3 heterocycles. The molecule has 2 atom stereocenters. The third-order valence-electron chi connectivity index (χ3n) is 5.36. The zero-order chi connectivity index (χ0) is 25.6. The average Bonchev–Trinajstić information content (AvgIpc) is 3.56. The Hall–Kier alpha value is -3.69. The van der Waals surface area contributed by atoms with Crippen molar-refractivity contribution in [3.05, 3.63) is 92.5 Å². The van der Waals surface area contributed by atoms with Crippen LogP contribution in [0.15, 0.2) is 47.1 Å². The van der Waals surface area contributed by atoms with Crippen LogP contribution in [0.3, 0.4) is 0 Å². The first-order chi connectivity index (χ1) is 17.2. The number of hydrogen-bond acceptors (Lipinski definition) is 6. The van der Waals surface area contributed by atoms with Gasteiger partial charge in [-0.2, -0.15) is 22.7 Å². The molecule has 2 unspecified atom stereocenters. The molecule has 1 aliphatic rings. The summed E-state index contributed by atoms with van der Waals surface area (Å²) in [5.74, 6) is -2.54. The number of ether oxygens (including phenoxy) is 1. The second kappa shape index (κ2) is 9.07. The SMILES string of the molecule is COc1csc(C2C(c3c(F)cccc3Cl)=NOC2c2cnn(-c3cc#cc(F)c3)c2C(F)(F)F)n1. The lowest BCUT2D eigenvalue weighted by Gasteiger charge is -2.19. The lowest BCUT2D eigenvalue weighted by Crippen LogP contribution is -2.21. The van der Waals surface area contributed by atoms with E-state index in [1.54, 1.807) is 5.38 Å². The molecule has 13 heteroatoms. The molecule has 6 nitrogen and oxygen atoms in total. The van der Waals surface area contributed by atoms with Crippen molar-refractivity contribution >= 4 is 28.6 Å². The van der Waals surface area contributed by atoms with Gasteiger partial charge in [0.05, 0.1) is 35.0 Å². The van der Waals surface area contributed by atoms with Crippen LogP contribution in [-0.4, -0.2) is 27.6 Å². The van der Waals surface area contributed by atoms with E-state index in [9.17, 15) is 22.0 Å². The van der Waals surface area contributed by atoms with Gasteiger partial charge in [0.15, 0.2) is 17.6 Å². The molecule has 0 saturated heterocycles. The summed E-state index contributed by atoms with van der Waals surface area (Å²) in [4.78, 5) is 9.77. The summed E-state index contributed by atoms with van der Waals surface area (Å²) in [7, 11) is 1.38. The van der Waals surface area contributed by atoms with E-state index in [0.29, 0.717) is 4.68 Å². The van der Waals surface area contributed by atoms with E-state index in [1.165, 1.54) is 19.2 Å². The number of benzene rings is 1. The molecule has 0 saturated carbocycles. The third-order valence-corrected chi connectivity index (χ3v) is 6.58. The lowest BCUT2D eigenvalue weighted by molar-refractivity contribution is -0.144. The van der Waals surface area contributed by atoms with E-state index >= 15 is 0 Å². The number of aromatic nitrogens is 3. The highest BCUT2D eigenvalue weighted by molar-refractivity contribution is 7.10. The predicted molar refractivity (Wildman–Crippen MR) is 119 cm³/mol. The van der Waals surface area contributed by atoms with Crippen LogP contribution in [0.4, 0.5) is 22.0 Å². The Balaban J connectivity index is 1.68. The Bertz CT molecular complexity index is 1450. The monoisotopic (exact) mass is 538 g/mol. The smallest absolute Gasteiger partial charge is 0.433 e. The summed E-state index contributed by atoms with van der Waals surface area (Å²) in [6.45, 7) is 0. The maximum Gasteiger partial charge on any atom is 0.433 e. The Kier molecular flexibility index (Phi) is 6.05. The number of rotatable bonds is 5. The molecular weight excluding hydrogens is 527 g/mol. The molecule has 184 valence electrons. The van der Waals surface area contributed by atoms with E-state index in [-0.39, 0.29) is 32.9 Å². The summed E-state index contributed by atoms with van der Waals surface area (Å²) in [5.41, 5.74) is -2.04. The topological polar surface area (TPSA) is 61.5 Å². The van der Waals surface area contributed by atoms with Crippen LogP contribution in [0, 0.1) is 23.8 Å². The fourth-order valence-electron chi connectivity index (χ4n) is 3.87. The van der Waals surface area contributed by atoms with Gasteiger partial charge < -0.3 is 9.57 Å². The molecule has 0 amide bonds. The first-order valence-electron chi connectivity index (χ1n) is 10.1. The molecule has 1 aliphatic heterocycles. The van der Waals surface area contributed by atoms with Crippen LogP contribution in [0.25, 0.3) is 5.69 Å². The summed E-state index contributed by atoms with van der Waals surface area (Å²) < 4.78 is 77.2. The molecule has 0 radical (unpaired) electrons. The van der Waals surface area contributed by atoms with Gasteiger partial charge in [-0.05, 0) is 18.2 Å². The minimum Gasteiger partial charge on any atom is -0.480 e. The molecule has 36 heavy (non-hydrogen) atoms. The number of thiazole rings is 1. The Morgan fingerprint density at radius 2 is 2.06 bits per heavy atom. The van der Waals surface area contributed by atoms with Crippen molar-refractivity contribution in [2.75, 3.05) is 7.11 Å². The Labute approximate surface area is 209 Å². The molecule has 2 aromatic carbocycles. The van der Waals surface area contributed by atoms with Gasteiger partial charge >= 0.3 is 6.18 Å². The fourth-order valence-corrected chi connectivity index (χ4v) is 5.02. The number of oxime groups is 1. The molecule has 4 aromatic rings. The number of nitrogens with zero attached hydrogens (tertiary/aromatic N) is 4. The second-order valence-corrected chi connectivity index (χ2v) is 8.79. The van der Waals surface area contributed by atoms with Crippen LogP contribution >= 0.6 is 22.9 Å². The minimum atomic E-state index is -4.94. The van der Waals surface area contributed by atoms with Crippen molar-refractivity contribution in [1.82, 2.24) is 14.8 Å². The largest absolute Gasteiger partial charge is 0.480 e. The van der Waals surface area contributed by atoms with Crippen molar-refractivity contribution in [3.8, 4) is 11.6 Å². The zero-order valence-corrected chi connectivity index (χ0v) is 19.5. The maximum atomic E-state index is 14.8. The number of halogens is 6. The van der Waals surface area contributed by atoms with E-state index in [1.807, 2.05) is 0 Å². The van der Waals surface area contributed by atoms with Gasteiger partial charge in [-0.3, -0.25) is 0 Å². The predicted octanol–water partition coefficient (Wildman–Crippen LogP) is 6.15. The van der Waals surface area contributed by atoms with Gasteiger partial charge in [0.2, 0.25) is 5.88 Å². The number of alkyl halides is 3. The van der Waals surface area contributed by atoms with Gasteiger partial charge in [0.1, 0.15) is 22.5 Å². The van der Waals surface area contributed by atoms with Gasteiger partial charge in [-0.25, -0.2) is 14.1 Å². The van der Waals surface area contributed by atoms with Gasteiger partial charge in [-0.15, -0.1) is 11.3 Å². The Morgan fingerprint density at radius 1 is 1.25 bits per heavy atom. The highest BCUT2D eigenvalue weighted by Crippen LogP contribution is 2.48. The maximum absolute atomic E-state index is 14.8. The number of methoxy groups -OCH3 is 1. The van der Waals surface area contributed by atoms with Gasteiger partial charge in [0.25, 0.3) is 0 Å². The van der Waals surface area contributed by atoms with Crippen molar-refractivity contribution in [2.24, 2.45) is 5.16 Å². The standard InChI is InChI=1S/C23H12ClF5N4O2S/c1-34-16-10-36-22(31-16)18-19(17-14(24)6-3-7-15(17)26)32-35-20(18)13-9-30-33(21(13)23(27,28)29)12-5-2-4-11(25)8-12/h3,5-10,18,20H,1H3. The minimum absolute atomic E-state index is 0.00944. The highest BCUT2D eigenvalue weighted by Gasteiger charge is 2.48. The summed E-state index contributed by atoms with van der Waals surface area (Å²) in [6, 6.07) is 10.3. The van der Waals surface area contributed by atoms with Crippen LogP contribution in [0.1, 0.15) is 33.9 Å². The summed E-state index contributed by atoms with van der Waals surface area (Å²) in [5, 5.41) is 9.57. The summed E-state index contributed by atoms with van der Waals surface area (Å²) >= 11 is 7.30. The van der Waals surface area contributed by atoms with Crippen LogP contribution in [-0.2, 0) is 11.0 Å². The highest BCUT2D eigenvalue weighted by atomic mass is 35.5. The summed E-state index contributed by atoms with van der Waals surface area (Å²) in [6.07, 6.45) is -5.41. The molecular formula is C23H12ClF5N4O2S. The lowest BCUT2D eigenvalue weighted by atomic mass is 9.88. The number of hydrogen-bond donors (Lipinski definition) is 0. The molecule has 2 aromatic heterocycles. The van der Waals surface area contributed by atoms with Crippen molar-refractivity contribution in [2.45, 2.75) is 18.2 Å². The van der Waals surface area contributed by atoms with Crippen molar-refractivity contribution in [3.63, 3.8) is 0 Å². The van der Waals surface area contributed by atoms with Gasteiger partial charge in [-0.1, -0.05) is 28.9 Å². The van der Waals surface area contributed by atoms with Crippen molar-refractivity contribution < 1.29 is 31.5 Å². The first kappa shape index (κ1) is 24.0. The van der Waals surface area contributed by atoms with Crippen LogP contribution in [0.2, 0.25) is 5.02 Å². The van der Waals surface area contributed by atoms with E-state index in [0.717, 1.165) is 35.7 Å². The van der Waals surface area contributed by atoms with E-state index < -0.39 is 41.1 Å². The third kappa shape index (κ3) is 4.14. The Morgan fingerprint density at radius 3 is 2.72 bits per heavy atom. The quantitative estimate of drug-likeness (QED) is 0.286. The van der Waals surface area contributed by atoms with Crippen LogP contribution in [0.5, 0.6) is 5.88 Å². The van der Waals surface area contributed by atoms with Crippen molar-refractivity contribution in [1.29, 1.82) is 0 Å². The molecule has 5 rings (SSSR count). The van der Waals surface area contributed by atoms with Gasteiger partial charge in [0, 0.05) is 17.7 Å². The molecule has 0 spiro atoms. The normalized spacial score (nSPS) is 17.5. The van der Waals surface area contributed by atoms with E-state index in [2.05, 4.69) is 27.4 Å². The molecule has 0 bridgehead atoms. The molecule has 0 aliphatic carbocycles. The molecule has 0 fully saturated rings. The van der Waals surface area contributed by atoms with Crippen LogP contribution < -0.4 is 4.74 Å². The van der Waals surface area contributed by atoms with E-state index in [4.69, 9.17) is 21.2 Å².